The molecule has 3 rings (SSSR count). The molecule has 158 valence electrons. The van der Waals surface area contributed by atoms with Crippen molar-refractivity contribution in [2.45, 2.75) is 13.2 Å². The third-order valence-electron chi connectivity index (χ3n) is 3.83. The molecule has 8 nitrogen and oxygen atoms in total. The van der Waals surface area contributed by atoms with E-state index < -0.39 is 12.6 Å². The van der Waals surface area contributed by atoms with Crippen molar-refractivity contribution in [2.24, 2.45) is 0 Å². The first kappa shape index (κ1) is 21.5. The van der Waals surface area contributed by atoms with Crippen molar-refractivity contribution in [3.63, 3.8) is 0 Å². The van der Waals surface area contributed by atoms with Crippen LogP contribution in [0.4, 0.5) is 8.78 Å². The van der Waals surface area contributed by atoms with Crippen LogP contribution in [0, 0.1) is 0 Å². The van der Waals surface area contributed by atoms with Gasteiger partial charge in [-0.15, -0.1) is 0 Å². The number of ether oxygens (including phenoxy) is 4. The van der Waals surface area contributed by atoms with Crippen LogP contribution in [-0.4, -0.2) is 36.9 Å². The highest BCUT2D eigenvalue weighted by atomic mass is 79.9. The summed E-state index contributed by atoms with van der Waals surface area (Å²) >= 11 is 3.28. The van der Waals surface area contributed by atoms with Crippen molar-refractivity contribution in [1.29, 1.82) is 0 Å². The van der Waals surface area contributed by atoms with Gasteiger partial charge in [0.15, 0.2) is 18.1 Å². The summed E-state index contributed by atoms with van der Waals surface area (Å²) in [6.07, 6.45) is 0. The molecule has 0 saturated carbocycles. The highest BCUT2D eigenvalue weighted by Crippen LogP contribution is 2.32. The molecule has 0 unspecified atom stereocenters. The molecule has 0 amide bonds. The Morgan fingerprint density at radius 2 is 1.93 bits per heavy atom. The summed E-state index contributed by atoms with van der Waals surface area (Å²) in [6.45, 7) is -3.25. The lowest BCUT2D eigenvalue weighted by Crippen LogP contribution is -2.06. The Morgan fingerprint density at radius 1 is 1.13 bits per heavy atom. The molecular formula is C19H15BrF2N2O6. The van der Waals surface area contributed by atoms with Crippen LogP contribution in [0.5, 0.6) is 17.2 Å². The normalized spacial score (nSPS) is 10.7. The van der Waals surface area contributed by atoms with E-state index in [0.29, 0.717) is 15.8 Å². The molecule has 0 saturated heterocycles. The smallest absolute Gasteiger partial charge is 0.387 e. The summed E-state index contributed by atoms with van der Waals surface area (Å²) in [7, 11) is 2.80. The lowest BCUT2D eigenvalue weighted by Gasteiger charge is -2.10. The number of carbonyl (C=O) groups excluding carboxylic acids is 1. The maximum atomic E-state index is 12.4. The average Bonchev–Trinajstić information content (AvgIpc) is 3.21. The van der Waals surface area contributed by atoms with Gasteiger partial charge < -0.3 is 23.5 Å². The molecule has 3 aromatic rings. The number of benzene rings is 2. The Labute approximate surface area is 177 Å². The fourth-order valence-corrected chi connectivity index (χ4v) is 2.83. The lowest BCUT2D eigenvalue weighted by molar-refractivity contribution is -0.0512. The number of hydrogen-bond donors (Lipinski definition) is 0. The van der Waals surface area contributed by atoms with Gasteiger partial charge in [0.05, 0.1) is 19.8 Å². The summed E-state index contributed by atoms with van der Waals surface area (Å²) in [4.78, 5) is 16.4. The number of methoxy groups -OCH3 is 2. The zero-order chi connectivity index (χ0) is 21.7. The van der Waals surface area contributed by atoms with Crippen LogP contribution < -0.4 is 14.2 Å². The summed E-state index contributed by atoms with van der Waals surface area (Å²) in [5.74, 6) is 0.0371. The predicted molar refractivity (Wildman–Crippen MR) is 103 cm³/mol. The number of carbonyl (C=O) groups is 1. The van der Waals surface area contributed by atoms with Crippen LogP contribution in [0.25, 0.3) is 11.4 Å². The summed E-state index contributed by atoms with van der Waals surface area (Å²) in [6, 6.07) is 9.07. The van der Waals surface area contributed by atoms with Crippen LogP contribution in [0.2, 0.25) is 0 Å². The zero-order valence-electron chi connectivity index (χ0n) is 15.7. The van der Waals surface area contributed by atoms with Gasteiger partial charge in [0.1, 0.15) is 5.75 Å². The first-order valence-corrected chi connectivity index (χ1v) is 9.17. The van der Waals surface area contributed by atoms with Gasteiger partial charge in [-0.2, -0.15) is 13.8 Å². The summed E-state index contributed by atoms with van der Waals surface area (Å²) < 4.78 is 50.2. The summed E-state index contributed by atoms with van der Waals surface area (Å²) in [5, 5.41) is 3.80. The number of hydrogen-bond acceptors (Lipinski definition) is 8. The number of esters is 1. The van der Waals surface area contributed by atoms with E-state index in [1.54, 1.807) is 12.1 Å². The van der Waals surface area contributed by atoms with E-state index in [2.05, 4.69) is 30.8 Å². The minimum absolute atomic E-state index is 0.0456. The van der Waals surface area contributed by atoms with Crippen LogP contribution in [0.1, 0.15) is 16.2 Å². The number of nitrogens with zero attached hydrogens (tertiary/aromatic N) is 2. The molecule has 11 heteroatoms. The maximum absolute atomic E-state index is 12.4. The van der Waals surface area contributed by atoms with Gasteiger partial charge in [0.25, 0.3) is 5.89 Å². The van der Waals surface area contributed by atoms with Gasteiger partial charge in [-0.25, -0.2) is 4.79 Å². The minimum atomic E-state index is -2.99. The molecule has 0 spiro atoms. The van der Waals surface area contributed by atoms with E-state index in [0.717, 1.165) is 0 Å². The Morgan fingerprint density at radius 3 is 2.63 bits per heavy atom. The van der Waals surface area contributed by atoms with Crippen LogP contribution >= 0.6 is 15.9 Å². The van der Waals surface area contributed by atoms with Crippen molar-refractivity contribution in [1.82, 2.24) is 10.1 Å². The topological polar surface area (TPSA) is 92.9 Å². The second-order valence-corrected chi connectivity index (χ2v) is 6.53. The van der Waals surface area contributed by atoms with Crippen molar-refractivity contribution >= 4 is 21.9 Å². The molecular weight excluding hydrogens is 470 g/mol. The molecule has 0 aliphatic carbocycles. The third kappa shape index (κ3) is 5.03. The van der Waals surface area contributed by atoms with E-state index in [4.69, 9.17) is 18.7 Å². The van der Waals surface area contributed by atoms with Crippen LogP contribution in [0.15, 0.2) is 45.4 Å². The SMILES string of the molecule is COc1ccc(Br)c(C(=O)OCc2nc(-c3ccc(OC(F)F)c(OC)c3)no2)c1. The van der Waals surface area contributed by atoms with Crippen LogP contribution in [0.3, 0.4) is 0 Å². The Bertz CT molecular complexity index is 1040. The highest BCUT2D eigenvalue weighted by molar-refractivity contribution is 9.10. The van der Waals surface area contributed by atoms with E-state index >= 15 is 0 Å². The van der Waals surface area contributed by atoms with Gasteiger partial charge in [-0.1, -0.05) is 5.16 Å². The van der Waals surface area contributed by atoms with Gasteiger partial charge >= 0.3 is 12.6 Å². The minimum Gasteiger partial charge on any atom is -0.497 e. The van der Waals surface area contributed by atoms with Gasteiger partial charge in [0.2, 0.25) is 5.82 Å². The second-order valence-electron chi connectivity index (χ2n) is 5.68. The standard InChI is InChI=1S/C19H15BrF2N2O6/c1-26-11-4-5-13(20)12(8-11)18(25)28-9-16-23-17(24-30-16)10-3-6-14(29-19(21)22)15(7-10)27-2/h3-8,19H,9H2,1-2H3. The number of alkyl halides is 2. The van der Waals surface area contributed by atoms with Gasteiger partial charge in [-0.3, -0.25) is 0 Å². The Kier molecular flexibility index (Phi) is 6.83. The first-order chi connectivity index (χ1) is 14.4. The molecule has 30 heavy (non-hydrogen) atoms. The van der Waals surface area contributed by atoms with Crippen molar-refractivity contribution < 1.29 is 37.0 Å². The first-order valence-electron chi connectivity index (χ1n) is 8.37. The molecule has 0 fully saturated rings. The van der Waals surface area contributed by atoms with Crippen molar-refractivity contribution in [2.75, 3.05) is 14.2 Å². The maximum Gasteiger partial charge on any atom is 0.387 e. The third-order valence-corrected chi connectivity index (χ3v) is 4.52. The highest BCUT2D eigenvalue weighted by Gasteiger charge is 2.17. The van der Waals surface area contributed by atoms with E-state index in [9.17, 15) is 13.6 Å². The second kappa shape index (κ2) is 9.53. The van der Waals surface area contributed by atoms with Gasteiger partial charge in [-0.05, 0) is 52.3 Å². The van der Waals surface area contributed by atoms with E-state index in [-0.39, 0.29) is 35.4 Å². The number of halogens is 3. The fraction of sp³-hybridized carbons (Fsp3) is 0.211. The quantitative estimate of drug-likeness (QED) is 0.432. The van der Waals surface area contributed by atoms with Crippen LogP contribution in [-0.2, 0) is 11.3 Å². The fourth-order valence-electron chi connectivity index (χ4n) is 2.42. The Balaban J connectivity index is 1.70. The molecule has 0 aliphatic heterocycles. The molecule has 1 aromatic heterocycles. The van der Waals surface area contributed by atoms with Gasteiger partial charge in [0, 0.05) is 10.0 Å². The summed E-state index contributed by atoms with van der Waals surface area (Å²) in [5.41, 5.74) is 0.707. The Hall–Kier alpha value is -3.21. The molecule has 0 radical (unpaired) electrons. The predicted octanol–water partition coefficient (Wildman–Crippen LogP) is 4.47. The van der Waals surface area contributed by atoms with E-state index in [1.807, 2.05) is 0 Å². The number of rotatable bonds is 8. The van der Waals surface area contributed by atoms with Crippen molar-refractivity contribution in [3.05, 3.63) is 52.3 Å². The molecule has 0 N–H and O–H groups in total. The molecule has 1 heterocycles. The average molecular weight is 485 g/mol. The zero-order valence-corrected chi connectivity index (χ0v) is 17.3. The number of aromatic nitrogens is 2. The molecule has 2 aromatic carbocycles. The largest absolute Gasteiger partial charge is 0.497 e. The molecule has 0 atom stereocenters. The van der Waals surface area contributed by atoms with E-state index in [1.165, 1.54) is 38.5 Å². The lowest BCUT2D eigenvalue weighted by atomic mass is 10.2. The molecule has 0 aliphatic rings. The van der Waals surface area contributed by atoms with Crippen molar-refractivity contribution in [3.8, 4) is 28.6 Å². The molecule has 0 bridgehead atoms. The monoisotopic (exact) mass is 484 g/mol.